The van der Waals surface area contributed by atoms with E-state index in [1.807, 2.05) is 6.92 Å². The summed E-state index contributed by atoms with van der Waals surface area (Å²) in [7, 11) is 1.66. The van der Waals surface area contributed by atoms with Gasteiger partial charge in [0.05, 0.1) is 36.9 Å². The van der Waals surface area contributed by atoms with E-state index < -0.39 is 11.7 Å². The number of H-pyrrole nitrogens is 1. The van der Waals surface area contributed by atoms with Crippen molar-refractivity contribution in [2.45, 2.75) is 19.6 Å². The van der Waals surface area contributed by atoms with Crippen molar-refractivity contribution in [3.63, 3.8) is 0 Å². The number of anilines is 1. The molecule has 0 radical (unpaired) electrons. The zero-order valence-corrected chi connectivity index (χ0v) is 18.7. The molecule has 1 aromatic carbocycles. The number of halogens is 1. The maximum absolute atomic E-state index is 13.5. The molecule has 9 nitrogen and oxygen atoms in total. The lowest BCUT2D eigenvalue weighted by molar-refractivity contribution is -0.239. The van der Waals surface area contributed by atoms with Crippen LogP contribution in [0, 0.1) is 11.2 Å². The minimum Gasteiger partial charge on any atom is -0.396 e. The standard InChI is InChI=1S/C23H28FN5O4/c1-23(12-30)13-32-21(33-14-23)20-28-18(15-4-6-16(24)7-5-15)19(29-20)17-8-10-26-22(27-17)25-9-3-11-31-2/h4-8,10,21,30H,3,9,11-14H2,1-2H3,(H,28,29)(H,25,26,27). The number of methoxy groups -OCH3 is 1. The van der Waals surface area contributed by atoms with Crippen LogP contribution >= 0.6 is 0 Å². The van der Waals surface area contributed by atoms with Crippen LogP contribution in [0.15, 0.2) is 36.5 Å². The van der Waals surface area contributed by atoms with Crippen LogP contribution in [0.25, 0.3) is 22.6 Å². The summed E-state index contributed by atoms with van der Waals surface area (Å²) >= 11 is 0. The number of aromatic nitrogens is 4. The first-order chi connectivity index (χ1) is 16.0. The first kappa shape index (κ1) is 23.2. The minimum atomic E-state index is -0.717. The third-order valence-corrected chi connectivity index (χ3v) is 5.33. The summed E-state index contributed by atoms with van der Waals surface area (Å²) in [5.41, 5.74) is 2.12. The molecule has 3 heterocycles. The Morgan fingerprint density at radius 3 is 2.67 bits per heavy atom. The fraction of sp³-hybridized carbons (Fsp3) is 0.435. The average Bonchev–Trinajstić information content (AvgIpc) is 3.28. The van der Waals surface area contributed by atoms with Crippen LogP contribution < -0.4 is 5.32 Å². The van der Waals surface area contributed by atoms with Gasteiger partial charge >= 0.3 is 0 Å². The quantitative estimate of drug-likeness (QED) is 0.420. The lowest BCUT2D eigenvalue weighted by Gasteiger charge is -2.35. The highest BCUT2D eigenvalue weighted by Gasteiger charge is 2.34. The molecule has 176 valence electrons. The Morgan fingerprint density at radius 1 is 1.21 bits per heavy atom. The number of nitrogens with one attached hydrogen (secondary N) is 2. The summed E-state index contributed by atoms with van der Waals surface area (Å²) in [6, 6.07) is 7.87. The van der Waals surface area contributed by atoms with Gasteiger partial charge in [0.25, 0.3) is 0 Å². The van der Waals surface area contributed by atoms with Gasteiger partial charge in [-0.05, 0) is 36.8 Å². The number of imidazole rings is 1. The first-order valence-corrected chi connectivity index (χ1v) is 10.8. The molecule has 0 atom stereocenters. The second-order valence-electron chi connectivity index (χ2n) is 8.31. The molecule has 4 rings (SSSR count). The van der Waals surface area contributed by atoms with E-state index in [-0.39, 0.29) is 12.4 Å². The Balaban J connectivity index is 1.64. The summed E-state index contributed by atoms with van der Waals surface area (Å²) in [5, 5.41) is 12.7. The van der Waals surface area contributed by atoms with Crippen molar-refractivity contribution in [3.05, 3.63) is 48.2 Å². The molecule has 0 bridgehead atoms. The number of nitrogens with zero attached hydrogens (tertiary/aromatic N) is 3. The van der Waals surface area contributed by atoms with Crippen LogP contribution in [0.3, 0.4) is 0 Å². The topological polar surface area (TPSA) is 114 Å². The van der Waals surface area contributed by atoms with Gasteiger partial charge in [0.15, 0.2) is 5.82 Å². The summed E-state index contributed by atoms with van der Waals surface area (Å²) in [5.74, 6) is 0.620. The molecule has 3 aromatic rings. The van der Waals surface area contributed by atoms with Crippen LogP contribution in [0.1, 0.15) is 25.5 Å². The Morgan fingerprint density at radius 2 is 1.97 bits per heavy atom. The van der Waals surface area contributed by atoms with E-state index in [4.69, 9.17) is 19.2 Å². The van der Waals surface area contributed by atoms with Crippen LogP contribution in [0.2, 0.25) is 0 Å². The lowest BCUT2D eigenvalue weighted by Crippen LogP contribution is -2.39. The molecule has 1 aliphatic rings. The van der Waals surface area contributed by atoms with Crippen LogP contribution in [0.5, 0.6) is 0 Å². The molecule has 1 saturated heterocycles. The number of hydrogen-bond acceptors (Lipinski definition) is 8. The number of aromatic amines is 1. The van der Waals surface area contributed by atoms with Gasteiger partial charge in [-0.3, -0.25) is 0 Å². The van der Waals surface area contributed by atoms with E-state index in [0.29, 0.717) is 55.2 Å². The molecule has 1 fully saturated rings. The van der Waals surface area contributed by atoms with E-state index in [2.05, 4.69) is 20.3 Å². The van der Waals surface area contributed by atoms with E-state index in [9.17, 15) is 9.50 Å². The Bertz CT molecular complexity index is 1050. The summed E-state index contributed by atoms with van der Waals surface area (Å²) < 4.78 is 30.3. The molecule has 0 unspecified atom stereocenters. The highest BCUT2D eigenvalue weighted by Crippen LogP contribution is 2.35. The molecule has 1 aliphatic heterocycles. The Kier molecular flexibility index (Phi) is 7.29. The van der Waals surface area contributed by atoms with Crippen LogP contribution in [0.4, 0.5) is 10.3 Å². The van der Waals surface area contributed by atoms with Crippen molar-refractivity contribution in [2.24, 2.45) is 5.41 Å². The van der Waals surface area contributed by atoms with Gasteiger partial charge in [0.2, 0.25) is 12.2 Å². The van der Waals surface area contributed by atoms with Gasteiger partial charge in [-0.2, -0.15) is 0 Å². The Labute approximate surface area is 191 Å². The lowest BCUT2D eigenvalue weighted by atomic mass is 9.94. The molecule has 0 spiro atoms. The van der Waals surface area contributed by atoms with E-state index in [1.54, 1.807) is 31.5 Å². The van der Waals surface area contributed by atoms with Crippen molar-refractivity contribution in [2.75, 3.05) is 45.4 Å². The smallest absolute Gasteiger partial charge is 0.223 e. The zero-order valence-electron chi connectivity index (χ0n) is 18.7. The Hall–Kier alpha value is -2.92. The normalized spacial score (nSPS) is 20.7. The summed E-state index contributed by atoms with van der Waals surface area (Å²) in [6.07, 6.45) is 1.77. The average molecular weight is 458 g/mol. The van der Waals surface area contributed by atoms with Gasteiger partial charge in [0, 0.05) is 37.4 Å². The molecule has 0 saturated carbocycles. The molecule has 0 amide bonds. The van der Waals surface area contributed by atoms with Gasteiger partial charge in [-0.1, -0.05) is 6.92 Å². The molecule has 10 heteroatoms. The molecule has 0 aliphatic carbocycles. The van der Waals surface area contributed by atoms with Crippen molar-refractivity contribution in [3.8, 4) is 22.6 Å². The van der Waals surface area contributed by atoms with Crippen molar-refractivity contribution < 1.29 is 23.7 Å². The largest absolute Gasteiger partial charge is 0.396 e. The van der Waals surface area contributed by atoms with E-state index in [0.717, 1.165) is 12.0 Å². The van der Waals surface area contributed by atoms with Gasteiger partial charge in [-0.15, -0.1) is 0 Å². The number of hydrogen-bond donors (Lipinski definition) is 3. The third kappa shape index (κ3) is 5.53. The summed E-state index contributed by atoms with van der Waals surface area (Å²) in [6.45, 7) is 3.83. The van der Waals surface area contributed by atoms with E-state index >= 15 is 0 Å². The maximum Gasteiger partial charge on any atom is 0.223 e. The summed E-state index contributed by atoms with van der Waals surface area (Å²) in [4.78, 5) is 16.9. The first-order valence-electron chi connectivity index (χ1n) is 10.8. The second-order valence-corrected chi connectivity index (χ2v) is 8.31. The molecular weight excluding hydrogens is 429 g/mol. The van der Waals surface area contributed by atoms with Gasteiger partial charge < -0.3 is 29.6 Å². The predicted octanol–water partition coefficient (Wildman–Crippen LogP) is 3.17. The SMILES string of the molecule is COCCCNc1nccc(-c2[nH]c(C3OCC(C)(CO)CO3)nc2-c2ccc(F)cc2)n1. The maximum atomic E-state index is 13.5. The monoisotopic (exact) mass is 457 g/mol. The molecular formula is C23H28FN5O4. The number of aliphatic hydroxyl groups excluding tert-OH is 1. The van der Waals surface area contributed by atoms with Crippen molar-refractivity contribution in [1.82, 2.24) is 19.9 Å². The van der Waals surface area contributed by atoms with E-state index in [1.165, 1.54) is 12.1 Å². The fourth-order valence-corrected chi connectivity index (χ4v) is 3.40. The van der Waals surface area contributed by atoms with Crippen molar-refractivity contribution >= 4 is 5.95 Å². The molecule has 33 heavy (non-hydrogen) atoms. The zero-order chi connectivity index (χ0) is 23.3. The molecule has 2 aromatic heterocycles. The number of benzene rings is 1. The van der Waals surface area contributed by atoms with Crippen LogP contribution in [-0.4, -0.2) is 65.1 Å². The third-order valence-electron chi connectivity index (χ3n) is 5.33. The molecule has 3 N–H and O–H groups in total. The minimum absolute atomic E-state index is 0.0367. The van der Waals surface area contributed by atoms with Crippen LogP contribution in [-0.2, 0) is 14.2 Å². The number of rotatable bonds is 9. The number of ether oxygens (including phenoxy) is 3. The van der Waals surface area contributed by atoms with Crippen molar-refractivity contribution in [1.29, 1.82) is 0 Å². The highest BCUT2D eigenvalue weighted by molar-refractivity contribution is 5.77. The fourth-order valence-electron chi connectivity index (χ4n) is 3.40. The second kappa shape index (κ2) is 10.3. The van der Waals surface area contributed by atoms with Gasteiger partial charge in [-0.25, -0.2) is 19.3 Å². The number of aliphatic hydroxyl groups is 1. The van der Waals surface area contributed by atoms with Gasteiger partial charge in [0.1, 0.15) is 5.82 Å². The highest BCUT2D eigenvalue weighted by atomic mass is 19.1. The predicted molar refractivity (Wildman–Crippen MR) is 120 cm³/mol.